The minimum atomic E-state index is -0.579. The molecule has 0 fully saturated rings. The van der Waals surface area contributed by atoms with Gasteiger partial charge in [-0.2, -0.15) is 0 Å². The fraction of sp³-hybridized carbons (Fsp3) is 0.286. The van der Waals surface area contributed by atoms with Gasteiger partial charge in [-0.05, 0) is 30.5 Å². The molecule has 1 heterocycles. The summed E-state index contributed by atoms with van der Waals surface area (Å²) < 4.78 is 26.9. The lowest BCUT2D eigenvalue weighted by Crippen LogP contribution is -2.22. The van der Waals surface area contributed by atoms with Crippen LogP contribution < -0.4 is 5.32 Å². The highest BCUT2D eigenvalue weighted by atomic mass is 35.5. The maximum Gasteiger partial charge on any atom is 0.131 e. The van der Waals surface area contributed by atoms with E-state index in [1.54, 1.807) is 0 Å². The van der Waals surface area contributed by atoms with E-state index in [9.17, 15) is 8.78 Å². The van der Waals surface area contributed by atoms with Crippen molar-refractivity contribution < 1.29 is 8.78 Å². The average Bonchev–Trinajstić information content (AvgIpc) is 2.68. The Bertz CT molecular complexity index is 583. The largest absolute Gasteiger partial charge is 0.306 e. The third-order valence-corrected chi connectivity index (χ3v) is 4.65. The number of hydrogen-bond acceptors (Lipinski definition) is 2. The van der Waals surface area contributed by atoms with E-state index in [-0.39, 0.29) is 6.04 Å². The molecular formula is C14H14ClF2NS. The van der Waals surface area contributed by atoms with E-state index in [1.807, 2.05) is 19.2 Å². The predicted molar refractivity (Wildman–Crippen MR) is 75.9 cm³/mol. The summed E-state index contributed by atoms with van der Waals surface area (Å²) in [5.74, 6) is -1.14. The van der Waals surface area contributed by atoms with Gasteiger partial charge < -0.3 is 5.32 Å². The molecule has 5 heteroatoms. The van der Waals surface area contributed by atoms with E-state index in [4.69, 9.17) is 11.6 Å². The molecule has 0 bridgehead atoms. The summed E-state index contributed by atoms with van der Waals surface area (Å²) in [7, 11) is 0. The first-order valence-electron chi connectivity index (χ1n) is 5.96. The fourth-order valence-corrected chi connectivity index (χ4v) is 3.32. The first-order chi connectivity index (χ1) is 9.04. The summed E-state index contributed by atoms with van der Waals surface area (Å²) in [6.07, 6.45) is 0. The molecule has 1 N–H and O–H groups in total. The molecule has 1 aromatic heterocycles. The van der Waals surface area contributed by atoms with Crippen LogP contribution in [0.2, 0.25) is 5.02 Å². The van der Waals surface area contributed by atoms with Gasteiger partial charge >= 0.3 is 0 Å². The van der Waals surface area contributed by atoms with Gasteiger partial charge in [-0.15, -0.1) is 11.3 Å². The van der Waals surface area contributed by atoms with Crippen LogP contribution in [0, 0.1) is 18.6 Å². The summed E-state index contributed by atoms with van der Waals surface area (Å²) in [6.45, 7) is 4.50. The lowest BCUT2D eigenvalue weighted by molar-refractivity contribution is 0.544. The van der Waals surface area contributed by atoms with Crippen molar-refractivity contribution in [2.75, 3.05) is 6.54 Å². The minimum absolute atomic E-state index is 0.350. The van der Waals surface area contributed by atoms with Gasteiger partial charge in [-0.1, -0.05) is 24.6 Å². The van der Waals surface area contributed by atoms with Gasteiger partial charge in [-0.25, -0.2) is 8.78 Å². The molecule has 19 heavy (non-hydrogen) atoms. The molecule has 0 aliphatic heterocycles. The molecule has 0 saturated carbocycles. The number of benzene rings is 1. The lowest BCUT2D eigenvalue weighted by atomic mass is 10.0. The number of aryl methyl sites for hydroxylation is 1. The summed E-state index contributed by atoms with van der Waals surface area (Å²) in [4.78, 5) is 0.853. The van der Waals surface area contributed by atoms with Crippen molar-refractivity contribution in [3.05, 3.63) is 56.2 Å². The Hall–Kier alpha value is -0.970. The number of halogens is 3. The molecule has 0 aliphatic carbocycles. The van der Waals surface area contributed by atoms with Crippen molar-refractivity contribution >= 4 is 22.9 Å². The molecule has 0 saturated heterocycles. The third kappa shape index (κ3) is 2.96. The SMILES string of the molecule is CCNC(c1ccc(F)cc1F)c1scc(C)c1Cl. The van der Waals surface area contributed by atoms with Gasteiger partial charge in [0.15, 0.2) is 0 Å². The van der Waals surface area contributed by atoms with Crippen LogP contribution in [-0.4, -0.2) is 6.54 Å². The van der Waals surface area contributed by atoms with Gasteiger partial charge in [-0.3, -0.25) is 0 Å². The van der Waals surface area contributed by atoms with E-state index < -0.39 is 11.6 Å². The minimum Gasteiger partial charge on any atom is -0.306 e. The van der Waals surface area contributed by atoms with Crippen molar-refractivity contribution in [2.45, 2.75) is 19.9 Å². The van der Waals surface area contributed by atoms with Crippen LogP contribution in [0.5, 0.6) is 0 Å². The van der Waals surface area contributed by atoms with Crippen molar-refractivity contribution in [3.8, 4) is 0 Å². The third-order valence-electron chi connectivity index (χ3n) is 2.87. The maximum absolute atomic E-state index is 13.9. The van der Waals surface area contributed by atoms with Gasteiger partial charge in [0.1, 0.15) is 11.6 Å². The molecule has 0 amide bonds. The standard InChI is InChI=1S/C14H14ClF2NS/c1-3-18-13(14-12(15)8(2)7-19-14)10-5-4-9(16)6-11(10)17/h4-7,13,18H,3H2,1-2H3. The first kappa shape index (κ1) is 14.4. The zero-order valence-electron chi connectivity index (χ0n) is 10.6. The van der Waals surface area contributed by atoms with E-state index >= 15 is 0 Å². The Balaban J connectivity index is 2.48. The van der Waals surface area contributed by atoms with Crippen LogP contribution >= 0.6 is 22.9 Å². The summed E-state index contributed by atoms with van der Waals surface area (Å²) in [5.41, 5.74) is 1.37. The van der Waals surface area contributed by atoms with Crippen molar-refractivity contribution in [1.82, 2.24) is 5.32 Å². The Morgan fingerprint density at radius 3 is 2.63 bits per heavy atom. The summed E-state index contributed by atoms with van der Waals surface area (Å²) >= 11 is 7.72. The molecular weight excluding hydrogens is 288 g/mol. The summed E-state index contributed by atoms with van der Waals surface area (Å²) in [5, 5.41) is 5.77. The second kappa shape index (κ2) is 5.99. The molecule has 0 radical (unpaired) electrons. The van der Waals surface area contributed by atoms with E-state index in [1.165, 1.54) is 23.5 Å². The van der Waals surface area contributed by atoms with Crippen LogP contribution in [0.3, 0.4) is 0 Å². The van der Waals surface area contributed by atoms with Crippen LogP contribution in [0.15, 0.2) is 23.6 Å². The van der Waals surface area contributed by atoms with Crippen molar-refractivity contribution in [2.24, 2.45) is 0 Å². The quantitative estimate of drug-likeness (QED) is 0.864. The van der Waals surface area contributed by atoms with E-state index in [0.717, 1.165) is 16.5 Å². The fourth-order valence-electron chi connectivity index (χ4n) is 1.93. The number of thiophene rings is 1. The second-order valence-corrected chi connectivity index (χ2v) is 5.54. The van der Waals surface area contributed by atoms with Gasteiger partial charge in [0.05, 0.1) is 11.1 Å². The molecule has 1 nitrogen and oxygen atoms in total. The number of hydrogen-bond donors (Lipinski definition) is 1. The monoisotopic (exact) mass is 301 g/mol. The topological polar surface area (TPSA) is 12.0 Å². The molecule has 1 aromatic carbocycles. The van der Waals surface area contributed by atoms with Crippen LogP contribution in [0.4, 0.5) is 8.78 Å². The smallest absolute Gasteiger partial charge is 0.131 e. The zero-order chi connectivity index (χ0) is 14.0. The highest BCUT2D eigenvalue weighted by Crippen LogP contribution is 2.36. The Kier molecular flexibility index (Phi) is 4.55. The van der Waals surface area contributed by atoms with Crippen LogP contribution in [0.25, 0.3) is 0 Å². The van der Waals surface area contributed by atoms with Crippen LogP contribution in [0.1, 0.15) is 29.0 Å². The van der Waals surface area contributed by atoms with E-state index in [0.29, 0.717) is 17.1 Å². The molecule has 1 unspecified atom stereocenters. The predicted octanol–water partition coefficient (Wildman–Crippen LogP) is 4.69. The van der Waals surface area contributed by atoms with Gasteiger partial charge in [0, 0.05) is 16.5 Å². The highest BCUT2D eigenvalue weighted by Gasteiger charge is 2.22. The number of rotatable bonds is 4. The van der Waals surface area contributed by atoms with E-state index in [2.05, 4.69) is 5.32 Å². The molecule has 1 atom stereocenters. The highest BCUT2D eigenvalue weighted by molar-refractivity contribution is 7.10. The maximum atomic E-state index is 13.9. The molecule has 0 aliphatic rings. The van der Waals surface area contributed by atoms with Crippen molar-refractivity contribution in [1.29, 1.82) is 0 Å². The average molecular weight is 302 g/mol. The lowest BCUT2D eigenvalue weighted by Gasteiger charge is -2.18. The molecule has 2 rings (SSSR count). The Labute approximate surface area is 120 Å². The molecule has 0 spiro atoms. The summed E-state index contributed by atoms with van der Waals surface area (Å²) in [6, 6.07) is 3.27. The van der Waals surface area contributed by atoms with Crippen molar-refractivity contribution in [3.63, 3.8) is 0 Å². The van der Waals surface area contributed by atoms with Crippen LogP contribution in [-0.2, 0) is 0 Å². The molecule has 2 aromatic rings. The number of nitrogens with one attached hydrogen (secondary N) is 1. The zero-order valence-corrected chi connectivity index (χ0v) is 12.2. The van der Waals surface area contributed by atoms with Gasteiger partial charge in [0.25, 0.3) is 0 Å². The van der Waals surface area contributed by atoms with Gasteiger partial charge in [0.2, 0.25) is 0 Å². The Morgan fingerprint density at radius 2 is 2.11 bits per heavy atom. The Morgan fingerprint density at radius 1 is 1.37 bits per heavy atom. The molecule has 102 valence electrons. The first-order valence-corrected chi connectivity index (χ1v) is 7.22. The second-order valence-electron chi connectivity index (χ2n) is 4.25. The normalized spacial score (nSPS) is 12.7.